The van der Waals surface area contributed by atoms with Crippen molar-refractivity contribution < 1.29 is 19.6 Å². The van der Waals surface area contributed by atoms with Gasteiger partial charge in [-0.15, -0.1) is 0 Å². The van der Waals surface area contributed by atoms with E-state index in [1.165, 1.54) is 0 Å². The van der Waals surface area contributed by atoms with E-state index >= 15 is 0 Å². The maximum absolute atomic E-state index is 6.11. The van der Waals surface area contributed by atoms with Gasteiger partial charge in [0.05, 0.1) is 0 Å². The fraction of sp³-hybridized carbons (Fsp3) is 1.00. The predicted molar refractivity (Wildman–Crippen MR) is 106 cm³/mol. The van der Waals surface area contributed by atoms with E-state index in [0.29, 0.717) is 11.8 Å². The molecule has 0 aromatic carbocycles. The summed E-state index contributed by atoms with van der Waals surface area (Å²) in [5.41, 5.74) is -0.500. The average molecular weight is 373 g/mol. The number of hydrogen-bond acceptors (Lipinski definition) is 4. The van der Waals surface area contributed by atoms with E-state index in [1.807, 2.05) is 0 Å². The Balaban J connectivity index is 2.93. The Labute approximate surface area is 162 Å². The second kappa shape index (κ2) is 10.4. The van der Waals surface area contributed by atoms with E-state index in [4.69, 9.17) is 19.6 Å². The monoisotopic (exact) mass is 372 g/mol. The molecule has 156 valence electrons. The summed E-state index contributed by atoms with van der Waals surface area (Å²) in [6, 6.07) is 0. The van der Waals surface area contributed by atoms with Crippen LogP contribution < -0.4 is 0 Å². The largest absolute Gasteiger partial charge is 0.234 e. The molecule has 0 radical (unpaired) electrons. The standard InChI is InChI=1S/C22H44O4/c1-9-20(10-2,11-3)23-25-22(16-15-18(7)19(8)17-22)26-24-21(12-4,13-5)14-6/h18-19H,9-17H2,1-8H3. The average Bonchev–Trinajstić information content (AvgIpc) is 2.68. The highest BCUT2D eigenvalue weighted by molar-refractivity contribution is 4.83. The zero-order valence-electron chi connectivity index (χ0n) is 18.7. The first-order valence-electron chi connectivity index (χ1n) is 11.0. The first-order chi connectivity index (χ1) is 12.3. The van der Waals surface area contributed by atoms with E-state index in [0.717, 1.165) is 57.8 Å². The van der Waals surface area contributed by atoms with Gasteiger partial charge < -0.3 is 0 Å². The normalized spacial score (nSPS) is 24.0. The maximum Gasteiger partial charge on any atom is 0.234 e. The van der Waals surface area contributed by atoms with E-state index in [9.17, 15) is 0 Å². The molecule has 4 nitrogen and oxygen atoms in total. The molecule has 0 N–H and O–H groups in total. The van der Waals surface area contributed by atoms with Crippen LogP contribution >= 0.6 is 0 Å². The lowest BCUT2D eigenvalue weighted by atomic mass is 9.78. The zero-order valence-corrected chi connectivity index (χ0v) is 18.7. The van der Waals surface area contributed by atoms with Gasteiger partial charge in [-0.1, -0.05) is 55.4 Å². The highest BCUT2D eigenvalue weighted by Crippen LogP contribution is 2.42. The van der Waals surface area contributed by atoms with E-state index in [-0.39, 0.29) is 11.2 Å². The van der Waals surface area contributed by atoms with Crippen molar-refractivity contribution in [1.82, 2.24) is 0 Å². The third-order valence-electron chi connectivity index (χ3n) is 7.19. The Kier molecular flexibility index (Phi) is 9.55. The Morgan fingerprint density at radius 3 is 1.38 bits per heavy atom. The van der Waals surface area contributed by atoms with Gasteiger partial charge in [-0.05, 0) is 56.8 Å². The zero-order chi connectivity index (χ0) is 19.8. The molecule has 0 aromatic rings. The van der Waals surface area contributed by atoms with Crippen molar-refractivity contribution in [2.75, 3.05) is 0 Å². The molecule has 0 bridgehead atoms. The van der Waals surface area contributed by atoms with Crippen molar-refractivity contribution in [1.29, 1.82) is 0 Å². The minimum atomic E-state index is -0.804. The van der Waals surface area contributed by atoms with Gasteiger partial charge in [0, 0.05) is 12.8 Å². The predicted octanol–water partition coefficient (Wildman–Crippen LogP) is 6.97. The summed E-state index contributed by atoms with van der Waals surface area (Å²) < 4.78 is 0. The van der Waals surface area contributed by atoms with Gasteiger partial charge in [0.25, 0.3) is 0 Å². The molecule has 0 saturated heterocycles. The third kappa shape index (κ3) is 5.67. The van der Waals surface area contributed by atoms with Gasteiger partial charge in [0.15, 0.2) is 0 Å². The molecule has 1 rings (SSSR count). The highest BCUT2D eigenvalue weighted by Gasteiger charge is 2.46. The summed E-state index contributed by atoms with van der Waals surface area (Å²) in [5, 5.41) is 0. The van der Waals surface area contributed by atoms with Crippen LogP contribution in [0.1, 0.15) is 113 Å². The van der Waals surface area contributed by atoms with Crippen molar-refractivity contribution >= 4 is 0 Å². The summed E-state index contributed by atoms with van der Waals surface area (Å²) in [7, 11) is 0. The molecular weight excluding hydrogens is 328 g/mol. The molecule has 2 unspecified atom stereocenters. The van der Waals surface area contributed by atoms with Gasteiger partial charge in [-0.2, -0.15) is 9.78 Å². The Morgan fingerprint density at radius 2 is 1.08 bits per heavy atom. The van der Waals surface area contributed by atoms with Crippen molar-refractivity contribution in [2.24, 2.45) is 11.8 Å². The smallest absolute Gasteiger partial charge is 0.227 e. The first-order valence-corrected chi connectivity index (χ1v) is 11.0. The molecule has 0 amide bonds. The second-order valence-electron chi connectivity index (χ2n) is 8.43. The van der Waals surface area contributed by atoms with Gasteiger partial charge in [-0.25, -0.2) is 9.78 Å². The van der Waals surface area contributed by atoms with E-state index in [2.05, 4.69) is 55.4 Å². The molecule has 1 aliphatic rings. The van der Waals surface area contributed by atoms with Crippen LogP contribution in [0.25, 0.3) is 0 Å². The second-order valence-corrected chi connectivity index (χ2v) is 8.43. The van der Waals surface area contributed by atoms with Crippen LogP contribution in [0.15, 0.2) is 0 Å². The highest BCUT2D eigenvalue weighted by atomic mass is 17.3. The van der Waals surface area contributed by atoms with Crippen LogP contribution in [0.5, 0.6) is 0 Å². The molecule has 0 heterocycles. The summed E-state index contributed by atoms with van der Waals surface area (Å²) in [6.07, 6.45) is 8.20. The van der Waals surface area contributed by atoms with Crippen LogP contribution in [0.3, 0.4) is 0 Å². The quantitative estimate of drug-likeness (QED) is 0.210. The Morgan fingerprint density at radius 1 is 0.692 bits per heavy atom. The fourth-order valence-electron chi connectivity index (χ4n) is 3.87. The van der Waals surface area contributed by atoms with E-state index < -0.39 is 5.79 Å². The molecule has 2 atom stereocenters. The topological polar surface area (TPSA) is 36.9 Å². The van der Waals surface area contributed by atoms with Crippen molar-refractivity contribution in [2.45, 2.75) is 130 Å². The van der Waals surface area contributed by atoms with Crippen LogP contribution in [0, 0.1) is 11.8 Å². The van der Waals surface area contributed by atoms with Gasteiger partial charge in [0.2, 0.25) is 5.79 Å². The summed E-state index contributed by atoms with van der Waals surface area (Å²) in [6.45, 7) is 17.5. The molecule has 0 aromatic heterocycles. The molecule has 0 aliphatic heterocycles. The third-order valence-corrected chi connectivity index (χ3v) is 7.19. The summed E-state index contributed by atoms with van der Waals surface area (Å²) >= 11 is 0. The summed E-state index contributed by atoms with van der Waals surface area (Å²) in [4.78, 5) is 24.3. The van der Waals surface area contributed by atoms with Crippen LogP contribution in [0.2, 0.25) is 0 Å². The molecule has 4 heteroatoms. The Bertz CT molecular complexity index is 347. The lowest BCUT2D eigenvalue weighted by Crippen LogP contribution is -2.47. The maximum atomic E-state index is 6.11. The SMILES string of the molecule is CCC(CC)(CC)OOC1(OOC(CC)(CC)CC)CCC(C)C(C)C1. The summed E-state index contributed by atoms with van der Waals surface area (Å²) in [5.74, 6) is 0.368. The van der Waals surface area contributed by atoms with Crippen LogP contribution in [-0.4, -0.2) is 17.0 Å². The minimum Gasteiger partial charge on any atom is -0.227 e. The first kappa shape index (κ1) is 23.9. The molecule has 26 heavy (non-hydrogen) atoms. The van der Waals surface area contributed by atoms with E-state index in [1.54, 1.807) is 0 Å². The molecule has 0 spiro atoms. The van der Waals surface area contributed by atoms with Crippen LogP contribution in [-0.2, 0) is 19.6 Å². The van der Waals surface area contributed by atoms with Gasteiger partial charge in [0.1, 0.15) is 11.2 Å². The number of rotatable bonds is 12. The lowest BCUT2D eigenvalue weighted by molar-refractivity contribution is -0.555. The Hall–Kier alpha value is -0.160. The molecule has 1 saturated carbocycles. The van der Waals surface area contributed by atoms with Crippen molar-refractivity contribution in [3.05, 3.63) is 0 Å². The fourth-order valence-corrected chi connectivity index (χ4v) is 3.87. The van der Waals surface area contributed by atoms with Crippen molar-refractivity contribution in [3.8, 4) is 0 Å². The number of hydrogen-bond donors (Lipinski definition) is 0. The lowest BCUT2D eigenvalue weighted by Gasteiger charge is -2.43. The van der Waals surface area contributed by atoms with Gasteiger partial charge >= 0.3 is 0 Å². The molecule has 1 aliphatic carbocycles. The van der Waals surface area contributed by atoms with Gasteiger partial charge in [-0.3, -0.25) is 0 Å². The molecule has 1 fully saturated rings. The molecular formula is C22H44O4. The van der Waals surface area contributed by atoms with Crippen LogP contribution in [0.4, 0.5) is 0 Å². The van der Waals surface area contributed by atoms with Crippen molar-refractivity contribution in [3.63, 3.8) is 0 Å². The minimum absolute atomic E-state index is 0.250.